The van der Waals surface area contributed by atoms with Gasteiger partial charge in [0.2, 0.25) is 11.8 Å². The van der Waals surface area contributed by atoms with Crippen LogP contribution in [0.1, 0.15) is 54.9 Å². The van der Waals surface area contributed by atoms with E-state index in [4.69, 9.17) is 9.47 Å². The monoisotopic (exact) mass is 384 g/mol. The van der Waals surface area contributed by atoms with Crippen molar-refractivity contribution in [3.8, 4) is 0 Å². The molecule has 27 heavy (non-hydrogen) atoms. The molecule has 2 N–H and O–H groups in total. The Balaban J connectivity index is 3.90. The van der Waals surface area contributed by atoms with Crippen LogP contribution in [0.15, 0.2) is 12.2 Å². The third-order valence-corrected chi connectivity index (χ3v) is 4.51. The molecule has 0 aliphatic heterocycles. The Kier molecular flexibility index (Phi) is 11.5. The maximum atomic E-state index is 12.7. The van der Waals surface area contributed by atoms with Gasteiger partial charge in [-0.05, 0) is 24.7 Å². The Morgan fingerprint density at radius 2 is 1.41 bits per heavy atom. The first-order valence-corrected chi connectivity index (χ1v) is 9.77. The van der Waals surface area contributed by atoms with Crippen molar-refractivity contribution in [1.82, 2.24) is 10.6 Å². The van der Waals surface area contributed by atoms with Gasteiger partial charge in [-0.3, -0.25) is 9.59 Å². The molecule has 0 fully saturated rings. The molecule has 2 amide bonds. The second-order valence-corrected chi connectivity index (χ2v) is 8.83. The molecule has 0 radical (unpaired) electrons. The lowest BCUT2D eigenvalue weighted by Gasteiger charge is -2.37. The van der Waals surface area contributed by atoms with E-state index in [0.29, 0.717) is 45.1 Å². The van der Waals surface area contributed by atoms with Gasteiger partial charge in [0.15, 0.2) is 0 Å². The van der Waals surface area contributed by atoms with Gasteiger partial charge in [-0.15, -0.1) is 0 Å². The Bertz CT molecular complexity index is 483. The number of hydrogen-bond donors (Lipinski definition) is 2. The van der Waals surface area contributed by atoms with Crippen molar-refractivity contribution in [2.24, 2.45) is 16.7 Å². The van der Waals surface area contributed by atoms with Crippen LogP contribution in [-0.2, 0) is 19.1 Å². The molecule has 6 heteroatoms. The third kappa shape index (κ3) is 11.1. The number of rotatable bonds is 13. The van der Waals surface area contributed by atoms with Gasteiger partial charge in [0, 0.05) is 24.1 Å². The fraction of sp³-hybridized carbons (Fsp3) is 0.810. The molecule has 0 rings (SSSR count). The van der Waals surface area contributed by atoms with Crippen LogP contribution in [0.4, 0.5) is 0 Å². The van der Waals surface area contributed by atoms with E-state index in [-0.39, 0.29) is 23.1 Å². The van der Waals surface area contributed by atoms with Crippen LogP contribution >= 0.6 is 0 Å². The van der Waals surface area contributed by atoms with E-state index in [0.717, 1.165) is 6.42 Å². The van der Waals surface area contributed by atoms with E-state index in [9.17, 15) is 9.59 Å². The minimum Gasteiger partial charge on any atom is -0.377 e. The van der Waals surface area contributed by atoms with Crippen LogP contribution in [0.5, 0.6) is 0 Å². The largest absolute Gasteiger partial charge is 0.377 e. The number of ether oxygens (including phenoxy) is 2. The fourth-order valence-electron chi connectivity index (χ4n) is 2.80. The van der Waals surface area contributed by atoms with Gasteiger partial charge >= 0.3 is 0 Å². The van der Waals surface area contributed by atoms with E-state index in [1.54, 1.807) is 6.92 Å². The van der Waals surface area contributed by atoms with Crippen molar-refractivity contribution >= 4 is 11.8 Å². The van der Waals surface area contributed by atoms with Crippen LogP contribution in [0.2, 0.25) is 0 Å². The van der Waals surface area contributed by atoms with E-state index in [1.165, 1.54) is 0 Å². The highest BCUT2D eigenvalue weighted by Crippen LogP contribution is 2.39. The molecule has 6 nitrogen and oxygen atoms in total. The molecular formula is C21H40N2O4. The van der Waals surface area contributed by atoms with Crippen molar-refractivity contribution in [2.75, 3.05) is 39.5 Å². The van der Waals surface area contributed by atoms with Crippen molar-refractivity contribution in [2.45, 2.75) is 54.9 Å². The summed E-state index contributed by atoms with van der Waals surface area (Å²) < 4.78 is 10.9. The summed E-state index contributed by atoms with van der Waals surface area (Å²) in [5.74, 6) is 0.183. The van der Waals surface area contributed by atoms with E-state index in [1.807, 2.05) is 6.92 Å². The molecule has 0 aliphatic carbocycles. The van der Waals surface area contributed by atoms with Gasteiger partial charge in [-0.25, -0.2) is 0 Å². The lowest BCUT2D eigenvalue weighted by molar-refractivity contribution is -0.134. The number of hydrogen-bond acceptors (Lipinski definition) is 4. The van der Waals surface area contributed by atoms with Crippen molar-refractivity contribution in [3.05, 3.63) is 12.2 Å². The quantitative estimate of drug-likeness (QED) is 0.378. The van der Waals surface area contributed by atoms with Crippen LogP contribution in [0.25, 0.3) is 0 Å². The zero-order chi connectivity index (χ0) is 21.1. The summed E-state index contributed by atoms with van der Waals surface area (Å²) in [5, 5.41) is 5.69. The highest BCUT2D eigenvalue weighted by Gasteiger charge is 2.39. The molecule has 0 heterocycles. The molecule has 0 aliphatic rings. The van der Waals surface area contributed by atoms with Crippen LogP contribution in [0, 0.1) is 16.7 Å². The Morgan fingerprint density at radius 1 is 0.926 bits per heavy atom. The van der Waals surface area contributed by atoms with Crippen molar-refractivity contribution in [1.29, 1.82) is 0 Å². The molecule has 0 bridgehead atoms. The Morgan fingerprint density at radius 3 is 1.81 bits per heavy atom. The molecule has 1 atom stereocenters. The first-order valence-electron chi connectivity index (χ1n) is 9.77. The summed E-state index contributed by atoms with van der Waals surface area (Å²) in [6.45, 7) is 20.7. The summed E-state index contributed by atoms with van der Waals surface area (Å²) in [4.78, 5) is 23.9. The minimum absolute atomic E-state index is 0.0838. The lowest BCUT2D eigenvalue weighted by Crippen LogP contribution is -2.45. The smallest absolute Gasteiger partial charge is 0.246 e. The fourth-order valence-corrected chi connectivity index (χ4v) is 2.80. The zero-order valence-corrected chi connectivity index (χ0v) is 18.4. The molecule has 0 spiro atoms. The average Bonchev–Trinajstić information content (AvgIpc) is 2.53. The SMILES string of the molecule is C=C(C)C(=O)NCCOCCOCCNC(=O)C(C)(CC(C)(C)C)C(C)C. The van der Waals surface area contributed by atoms with Gasteiger partial charge in [0.25, 0.3) is 0 Å². The summed E-state index contributed by atoms with van der Waals surface area (Å²) in [6.07, 6.45) is 0.833. The topological polar surface area (TPSA) is 76.7 Å². The molecule has 0 aromatic heterocycles. The van der Waals surface area contributed by atoms with Crippen LogP contribution < -0.4 is 10.6 Å². The normalized spacial score (nSPS) is 13.9. The highest BCUT2D eigenvalue weighted by atomic mass is 16.5. The molecule has 0 aromatic rings. The Hall–Kier alpha value is -1.40. The highest BCUT2D eigenvalue weighted by molar-refractivity contribution is 5.92. The second-order valence-electron chi connectivity index (χ2n) is 8.83. The first-order chi connectivity index (χ1) is 12.4. The van der Waals surface area contributed by atoms with Crippen molar-refractivity contribution in [3.63, 3.8) is 0 Å². The van der Waals surface area contributed by atoms with Gasteiger partial charge in [0.05, 0.1) is 26.4 Å². The summed E-state index contributed by atoms with van der Waals surface area (Å²) in [6, 6.07) is 0. The van der Waals surface area contributed by atoms with Crippen molar-refractivity contribution < 1.29 is 19.1 Å². The number of carbonyl (C=O) groups is 2. The summed E-state index contributed by atoms with van der Waals surface area (Å²) in [7, 11) is 0. The van der Waals surface area contributed by atoms with E-state index in [2.05, 4.69) is 51.8 Å². The van der Waals surface area contributed by atoms with Gasteiger partial charge < -0.3 is 20.1 Å². The molecule has 1 unspecified atom stereocenters. The van der Waals surface area contributed by atoms with Gasteiger partial charge in [-0.1, -0.05) is 48.1 Å². The predicted molar refractivity (Wildman–Crippen MR) is 109 cm³/mol. The molecule has 158 valence electrons. The predicted octanol–water partition coefficient (Wildman–Crippen LogP) is 2.93. The third-order valence-electron chi connectivity index (χ3n) is 4.51. The summed E-state index contributed by atoms with van der Waals surface area (Å²) >= 11 is 0. The molecular weight excluding hydrogens is 344 g/mol. The molecule has 0 aromatic carbocycles. The molecule has 0 saturated heterocycles. The maximum absolute atomic E-state index is 12.7. The first kappa shape index (κ1) is 25.6. The summed E-state index contributed by atoms with van der Waals surface area (Å²) in [5.41, 5.74) is 0.181. The van der Waals surface area contributed by atoms with Gasteiger partial charge in [-0.2, -0.15) is 0 Å². The van der Waals surface area contributed by atoms with Crippen LogP contribution in [0.3, 0.4) is 0 Å². The maximum Gasteiger partial charge on any atom is 0.246 e. The van der Waals surface area contributed by atoms with Gasteiger partial charge in [0.1, 0.15) is 0 Å². The van der Waals surface area contributed by atoms with Crippen LogP contribution in [-0.4, -0.2) is 51.3 Å². The average molecular weight is 385 g/mol. The standard InChI is InChI=1S/C21H40N2O4/c1-16(2)18(24)22-9-11-26-13-14-27-12-10-23-19(25)21(8,17(3)4)15-20(5,6)7/h17H,1,9-15H2,2-8H3,(H,22,24)(H,23,25). The second kappa shape index (κ2) is 12.1. The Labute approximate surface area is 165 Å². The molecule has 0 saturated carbocycles. The zero-order valence-electron chi connectivity index (χ0n) is 18.4. The minimum atomic E-state index is -0.393. The number of nitrogens with one attached hydrogen (secondary N) is 2. The number of amides is 2. The van der Waals surface area contributed by atoms with E-state index < -0.39 is 5.41 Å². The number of carbonyl (C=O) groups excluding carboxylic acids is 2. The van der Waals surface area contributed by atoms with E-state index >= 15 is 0 Å². The lowest BCUT2D eigenvalue weighted by atomic mass is 9.68.